The minimum atomic E-state index is -0.194. The highest BCUT2D eigenvalue weighted by molar-refractivity contribution is 5.96. The summed E-state index contributed by atoms with van der Waals surface area (Å²) in [5, 5.41) is 6.79. The van der Waals surface area contributed by atoms with Crippen molar-refractivity contribution in [1.82, 2.24) is 10.3 Å². The Hall–Kier alpha value is -3.61. The van der Waals surface area contributed by atoms with Gasteiger partial charge in [0.05, 0.1) is 12.6 Å². The van der Waals surface area contributed by atoms with E-state index < -0.39 is 0 Å². The van der Waals surface area contributed by atoms with E-state index in [1.54, 1.807) is 7.11 Å². The van der Waals surface area contributed by atoms with Gasteiger partial charge in [0.15, 0.2) is 0 Å². The second-order valence-corrected chi connectivity index (χ2v) is 10.0. The molecule has 2 aromatic carbocycles. The minimum absolute atomic E-state index is 0.108. The van der Waals surface area contributed by atoms with Crippen molar-refractivity contribution in [2.75, 3.05) is 30.4 Å². The molecule has 4 rings (SSSR count). The summed E-state index contributed by atoms with van der Waals surface area (Å²) < 4.78 is 5.30. The standard InChI is InChI=1S/C29H36N4O3/c1-19-13-20(2)18-33(17-19)27-14-21(3)24-15-23(9-10-25(24)32-27)31-29(35)12-11-28(34)30-16-22-7-5-6-8-26(22)36-4/h5-10,14-15,19-20H,11-13,16-18H2,1-4H3,(H,30,34)(H,31,35). The molecule has 0 radical (unpaired) electrons. The van der Waals surface area contributed by atoms with Gasteiger partial charge >= 0.3 is 0 Å². The number of fused-ring (bicyclic) bond motifs is 1. The predicted molar refractivity (Wildman–Crippen MR) is 144 cm³/mol. The SMILES string of the molecule is COc1ccccc1CNC(=O)CCC(=O)Nc1ccc2nc(N3CC(C)CC(C)C3)cc(C)c2c1. The fourth-order valence-corrected chi connectivity index (χ4v) is 5.05. The van der Waals surface area contributed by atoms with Crippen LogP contribution in [-0.4, -0.2) is 37.0 Å². The molecule has 2 N–H and O–H groups in total. The van der Waals surface area contributed by atoms with Crippen LogP contribution in [-0.2, 0) is 16.1 Å². The highest BCUT2D eigenvalue weighted by Crippen LogP contribution is 2.29. The van der Waals surface area contributed by atoms with Gasteiger partial charge in [-0.1, -0.05) is 32.0 Å². The van der Waals surface area contributed by atoms with Gasteiger partial charge in [-0.05, 0) is 61.1 Å². The van der Waals surface area contributed by atoms with Crippen LogP contribution in [0.5, 0.6) is 5.75 Å². The Balaban J connectivity index is 1.33. The van der Waals surface area contributed by atoms with Crippen molar-refractivity contribution in [3.8, 4) is 5.75 Å². The number of hydrogen-bond acceptors (Lipinski definition) is 5. The lowest BCUT2D eigenvalue weighted by molar-refractivity contribution is -0.124. The maximum Gasteiger partial charge on any atom is 0.224 e. The summed E-state index contributed by atoms with van der Waals surface area (Å²) in [6, 6.07) is 15.5. The summed E-state index contributed by atoms with van der Waals surface area (Å²) in [5.41, 5.74) is 3.66. The van der Waals surface area contributed by atoms with Crippen molar-refractivity contribution in [3.05, 3.63) is 59.7 Å². The minimum Gasteiger partial charge on any atom is -0.496 e. The van der Waals surface area contributed by atoms with Crippen molar-refractivity contribution in [3.63, 3.8) is 0 Å². The number of para-hydroxylation sites is 1. The number of pyridine rings is 1. The summed E-state index contributed by atoms with van der Waals surface area (Å²) in [6.45, 7) is 9.11. The number of ether oxygens (including phenoxy) is 1. The van der Waals surface area contributed by atoms with E-state index >= 15 is 0 Å². The zero-order valence-corrected chi connectivity index (χ0v) is 21.6. The number of nitrogens with one attached hydrogen (secondary N) is 2. The molecule has 0 bridgehead atoms. The number of benzene rings is 2. The largest absolute Gasteiger partial charge is 0.496 e. The van der Waals surface area contributed by atoms with Crippen LogP contribution in [0.25, 0.3) is 10.9 Å². The van der Waals surface area contributed by atoms with Crippen LogP contribution in [0.4, 0.5) is 11.5 Å². The number of hydrogen-bond donors (Lipinski definition) is 2. The molecule has 1 aromatic heterocycles. The quantitative estimate of drug-likeness (QED) is 0.463. The summed E-state index contributed by atoms with van der Waals surface area (Å²) in [5.74, 6) is 2.70. The van der Waals surface area contributed by atoms with Crippen LogP contribution in [0.1, 0.15) is 44.2 Å². The third kappa shape index (κ3) is 6.33. The summed E-state index contributed by atoms with van der Waals surface area (Å²) in [6.07, 6.45) is 1.48. The maximum absolute atomic E-state index is 12.5. The number of anilines is 2. The first-order chi connectivity index (χ1) is 17.3. The lowest BCUT2D eigenvalue weighted by Crippen LogP contribution is -2.39. The number of rotatable bonds is 8. The Morgan fingerprint density at radius 1 is 1.03 bits per heavy atom. The number of methoxy groups -OCH3 is 1. The Labute approximate surface area is 213 Å². The van der Waals surface area contributed by atoms with Crippen LogP contribution in [0.15, 0.2) is 48.5 Å². The van der Waals surface area contributed by atoms with Crippen molar-refractivity contribution < 1.29 is 14.3 Å². The Morgan fingerprint density at radius 2 is 1.75 bits per heavy atom. The van der Waals surface area contributed by atoms with E-state index in [1.807, 2.05) is 42.5 Å². The number of aromatic nitrogens is 1. The fraction of sp³-hybridized carbons (Fsp3) is 0.414. The number of piperidine rings is 1. The Morgan fingerprint density at radius 3 is 2.50 bits per heavy atom. The maximum atomic E-state index is 12.5. The fourth-order valence-electron chi connectivity index (χ4n) is 5.05. The lowest BCUT2D eigenvalue weighted by atomic mass is 9.92. The van der Waals surface area contributed by atoms with Crippen molar-refractivity contribution in [1.29, 1.82) is 0 Å². The first-order valence-electron chi connectivity index (χ1n) is 12.7. The first-order valence-corrected chi connectivity index (χ1v) is 12.7. The second kappa shape index (κ2) is 11.4. The molecule has 2 unspecified atom stereocenters. The van der Waals surface area contributed by atoms with Gasteiger partial charge in [-0.3, -0.25) is 9.59 Å². The number of carbonyl (C=O) groups is 2. The van der Waals surface area contributed by atoms with Gasteiger partial charge in [0, 0.05) is 49.1 Å². The lowest BCUT2D eigenvalue weighted by Gasteiger charge is -2.36. The van der Waals surface area contributed by atoms with E-state index in [-0.39, 0.29) is 24.7 Å². The van der Waals surface area contributed by atoms with Crippen molar-refractivity contribution in [2.24, 2.45) is 11.8 Å². The predicted octanol–water partition coefficient (Wildman–Crippen LogP) is 5.07. The number of amides is 2. The molecule has 1 aliphatic heterocycles. The molecule has 0 spiro atoms. The van der Waals surface area contributed by atoms with Gasteiger partial charge in [0.1, 0.15) is 11.6 Å². The van der Waals surface area contributed by atoms with Gasteiger partial charge in [0.25, 0.3) is 0 Å². The van der Waals surface area contributed by atoms with Crippen molar-refractivity contribution in [2.45, 2.75) is 46.6 Å². The zero-order valence-electron chi connectivity index (χ0n) is 21.6. The average molecular weight is 489 g/mol. The van der Waals surface area contributed by atoms with Crippen LogP contribution >= 0.6 is 0 Å². The molecule has 7 nitrogen and oxygen atoms in total. The smallest absolute Gasteiger partial charge is 0.224 e. The molecule has 0 aliphatic carbocycles. The monoisotopic (exact) mass is 488 g/mol. The number of aryl methyl sites for hydroxylation is 1. The molecule has 3 aromatic rings. The van der Waals surface area contributed by atoms with Crippen LogP contribution < -0.4 is 20.3 Å². The molecular formula is C29H36N4O3. The molecular weight excluding hydrogens is 452 g/mol. The molecule has 2 heterocycles. The van der Waals surface area contributed by atoms with Gasteiger partial charge in [0.2, 0.25) is 11.8 Å². The van der Waals surface area contributed by atoms with Crippen LogP contribution in [0.3, 0.4) is 0 Å². The number of nitrogens with zero attached hydrogens (tertiary/aromatic N) is 2. The molecule has 2 amide bonds. The van der Waals surface area contributed by atoms with E-state index in [2.05, 4.69) is 42.4 Å². The highest BCUT2D eigenvalue weighted by atomic mass is 16.5. The highest BCUT2D eigenvalue weighted by Gasteiger charge is 2.23. The molecule has 0 saturated carbocycles. The van der Waals surface area contributed by atoms with Gasteiger partial charge in [-0.2, -0.15) is 0 Å². The van der Waals surface area contributed by atoms with Gasteiger partial charge in [-0.15, -0.1) is 0 Å². The topological polar surface area (TPSA) is 83.6 Å². The first kappa shape index (κ1) is 25.5. The normalized spacial score (nSPS) is 17.6. The van der Waals surface area contributed by atoms with Crippen LogP contribution in [0.2, 0.25) is 0 Å². The summed E-state index contributed by atoms with van der Waals surface area (Å²) in [4.78, 5) is 32.1. The van der Waals surface area contributed by atoms with Crippen LogP contribution in [0, 0.1) is 18.8 Å². The van der Waals surface area contributed by atoms with E-state index in [1.165, 1.54) is 6.42 Å². The second-order valence-electron chi connectivity index (χ2n) is 10.0. The van der Waals surface area contributed by atoms with E-state index in [0.717, 1.165) is 46.7 Å². The van der Waals surface area contributed by atoms with E-state index in [0.29, 0.717) is 24.1 Å². The molecule has 1 aliphatic rings. The molecule has 1 saturated heterocycles. The van der Waals surface area contributed by atoms with Gasteiger partial charge < -0.3 is 20.3 Å². The third-order valence-corrected chi connectivity index (χ3v) is 6.73. The third-order valence-electron chi connectivity index (χ3n) is 6.73. The Kier molecular flexibility index (Phi) is 8.08. The number of carbonyl (C=O) groups excluding carboxylic acids is 2. The summed E-state index contributed by atoms with van der Waals surface area (Å²) in [7, 11) is 1.60. The molecule has 2 atom stereocenters. The molecule has 36 heavy (non-hydrogen) atoms. The van der Waals surface area contributed by atoms with E-state index in [9.17, 15) is 9.59 Å². The molecule has 7 heteroatoms. The Bertz CT molecular complexity index is 1230. The average Bonchev–Trinajstić information content (AvgIpc) is 2.86. The van der Waals surface area contributed by atoms with Crippen molar-refractivity contribution >= 4 is 34.2 Å². The zero-order chi connectivity index (χ0) is 25.7. The molecule has 1 fully saturated rings. The van der Waals surface area contributed by atoms with Gasteiger partial charge in [-0.25, -0.2) is 4.98 Å². The summed E-state index contributed by atoms with van der Waals surface area (Å²) >= 11 is 0. The van der Waals surface area contributed by atoms with E-state index in [4.69, 9.17) is 9.72 Å². The molecule has 190 valence electrons.